The van der Waals surface area contributed by atoms with Crippen molar-refractivity contribution in [1.82, 2.24) is 4.72 Å². The highest BCUT2D eigenvalue weighted by Gasteiger charge is 2.17. The topological polar surface area (TPSA) is 72.2 Å². The Morgan fingerprint density at radius 2 is 1.85 bits per heavy atom. The number of nitrogens with two attached hydrogens (primary N) is 1. The Hall–Kier alpha value is -0.630. The van der Waals surface area contributed by atoms with E-state index >= 15 is 0 Å². The second kappa shape index (κ2) is 7.40. The van der Waals surface area contributed by atoms with E-state index in [0.29, 0.717) is 4.34 Å². The molecule has 2 rings (SSSR count). The molecule has 3 N–H and O–H groups in total. The molecule has 1 atom stereocenters. The molecule has 1 aromatic carbocycles. The summed E-state index contributed by atoms with van der Waals surface area (Å²) >= 11 is 6.74. The zero-order chi connectivity index (χ0) is 13.9. The van der Waals surface area contributed by atoms with Crippen molar-refractivity contribution in [3.8, 4) is 0 Å². The van der Waals surface area contributed by atoms with Crippen molar-refractivity contribution < 1.29 is 8.42 Å². The summed E-state index contributed by atoms with van der Waals surface area (Å²) < 4.78 is 27.0. The van der Waals surface area contributed by atoms with Crippen LogP contribution in [0.1, 0.15) is 11.6 Å². The molecule has 0 fully saturated rings. The maximum atomic E-state index is 12.0. The van der Waals surface area contributed by atoms with Crippen LogP contribution in [0.2, 0.25) is 4.34 Å². The molecule has 1 heterocycles. The number of rotatable bonds is 5. The number of hydrogen-bond donors (Lipinski definition) is 2. The van der Waals surface area contributed by atoms with Gasteiger partial charge in [-0.3, -0.25) is 0 Å². The summed E-state index contributed by atoms with van der Waals surface area (Å²) in [5.41, 5.74) is 6.82. The third kappa shape index (κ3) is 4.44. The van der Waals surface area contributed by atoms with Crippen LogP contribution < -0.4 is 10.5 Å². The molecule has 0 aliphatic carbocycles. The van der Waals surface area contributed by atoms with Crippen LogP contribution in [0, 0.1) is 0 Å². The van der Waals surface area contributed by atoms with E-state index < -0.39 is 10.0 Å². The molecule has 4 nitrogen and oxygen atoms in total. The molecular formula is C12H14Cl2N2O2S2. The number of hydrogen-bond acceptors (Lipinski definition) is 4. The molecule has 0 amide bonds. The van der Waals surface area contributed by atoms with Gasteiger partial charge in [0.2, 0.25) is 10.0 Å². The quantitative estimate of drug-likeness (QED) is 0.868. The monoisotopic (exact) mass is 352 g/mol. The van der Waals surface area contributed by atoms with Crippen molar-refractivity contribution in [3.63, 3.8) is 0 Å². The molecule has 1 unspecified atom stereocenters. The first-order chi connectivity index (χ1) is 8.99. The predicted octanol–water partition coefficient (Wildman–Crippen LogP) is 2.80. The number of nitrogens with one attached hydrogen (secondary N) is 1. The Kier molecular flexibility index (Phi) is 6.44. The maximum absolute atomic E-state index is 12.0. The zero-order valence-electron chi connectivity index (χ0n) is 10.3. The van der Waals surface area contributed by atoms with Crippen LogP contribution >= 0.6 is 35.3 Å². The molecule has 2 aromatic rings. The summed E-state index contributed by atoms with van der Waals surface area (Å²) in [6.45, 7) is 0.141. The molecule has 0 saturated carbocycles. The lowest BCUT2D eigenvalue weighted by molar-refractivity contribution is 0.574. The fourth-order valence-corrected chi connectivity index (χ4v) is 4.12. The smallest absolute Gasteiger partial charge is 0.250 e. The van der Waals surface area contributed by atoms with Gasteiger partial charge in [0.1, 0.15) is 4.21 Å². The average Bonchev–Trinajstić information content (AvgIpc) is 2.85. The summed E-state index contributed by atoms with van der Waals surface area (Å²) in [5, 5.41) is 0. The Morgan fingerprint density at radius 1 is 1.20 bits per heavy atom. The predicted molar refractivity (Wildman–Crippen MR) is 85.1 cm³/mol. The Balaban J connectivity index is 0.00000200. The molecular weight excluding hydrogens is 339 g/mol. The second-order valence-corrected chi connectivity index (χ2v) is 7.64. The van der Waals surface area contributed by atoms with Gasteiger partial charge >= 0.3 is 0 Å². The first kappa shape index (κ1) is 17.4. The highest BCUT2D eigenvalue weighted by molar-refractivity contribution is 7.91. The minimum absolute atomic E-state index is 0. The number of sulfonamides is 1. The minimum atomic E-state index is -3.54. The van der Waals surface area contributed by atoms with Crippen molar-refractivity contribution >= 4 is 45.4 Å². The van der Waals surface area contributed by atoms with E-state index in [1.54, 1.807) is 6.07 Å². The fourth-order valence-electron chi connectivity index (χ4n) is 1.53. The number of benzene rings is 1. The second-order valence-electron chi connectivity index (χ2n) is 3.93. The van der Waals surface area contributed by atoms with Gasteiger partial charge in [0.05, 0.1) is 4.34 Å². The summed E-state index contributed by atoms with van der Waals surface area (Å²) in [4.78, 5) is 0. The Morgan fingerprint density at radius 3 is 2.40 bits per heavy atom. The Labute approximate surface area is 133 Å². The zero-order valence-corrected chi connectivity index (χ0v) is 13.5. The van der Waals surface area contributed by atoms with Gasteiger partial charge in [-0.25, -0.2) is 13.1 Å². The van der Waals surface area contributed by atoms with Crippen molar-refractivity contribution in [3.05, 3.63) is 52.4 Å². The molecule has 0 aliphatic heterocycles. The van der Waals surface area contributed by atoms with Crippen LogP contribution in [-0.4, -0.2) is 15.0 Å². The molecule has 20 heavy (non-hydrogen) atoms. The van der Waals surface area contributed by atoms with E-state index in [-0.39, 0.29) is 29.2 Å². The largest absolute Gasteiger partial charge is 0.323 e. The van der Waals surface area contributed by atoms with Crippen molar-refractivity contribution in [2.75, 3.05) is 6.54 Å². The van der Waals surface area contributed by atoms with Crippen LogP contribution in [0.5, 0.6) is 0 Å². The summed E-state index contributed by atoms with van der Waals surface area (Å²) in [6, 6.07) is 12.0. The minimum Gasteiger partial charge on any atom is -0.323 e. The number of thiophene rings is 1. The lowest BCUT2D eigenvalue weighted by Crippen LogP contribution is -2.31. The summed E-state index contributed by atoms with van der Waals surface area (Å²) in [7, 11) is -3.54. The lowest BCUT2D eigenvalue weighted by Gasteiger charge is -2.12. The van der Waals surface area contributed by atoms with Crippen LogP contribution in [0.3, 0.4) is 0 Å². The van der Waals surface area contributed by atoms with Crippen molar-refractivity contribution in [2.24, 2.45) is 5.73 Å². The van der Waals surface area contributed by atoms with Gasteiger partial charge in [-0.1, -0.05) is 41.9 Å². The molecule has 0 saturated heterocycles. The highest BCUT2D eigenvalue weighted by Crippen LogP contribution is 2.25. The maximum Gasteiger partial charge on any atom is 0.250 e. The van der Waals surface area contributed by atoms with Gasteiger partial charge in [0.25, 0.3) is 0 Å². The molecule has 0 spiro atoms. The fraction of sp³-hybridized carbons (Fsp3) is 0.167. The molecule has 0 bridgehead atoms. The molecule has 110 valence electrons. The van der Waals surface area contributed by atoms with Crippen LogP contribution in [0.4, 0.5) is 0 Å². The highest BCUT2D eigenvalue weighted by atomic mass is 35.5. The SMILES string of the molecule is Cl.NC(CNS(=O)(=O)c1ccc(Cl)s1)c1ccccc1. The van der Waals surface area contributed by atoms with Gasteiger partial charge in [-0.2, -0.15) is 0 Å². The first-order valence-corrected chi connectivity index (χ1v) is 8.22. The van der Waals surface area contributed by atoms with Gasteiger partial charge < -0.3 is 5.73 Å². The van der Waals surface area contributed by atoms with Crippen molar-refractivity contribution in [1.29, 1.82) is 0 Å². The Bertz CT molecular complexity index is 644. The van der Waals surface area contributed by atoms with Gasteiger partial charge in [-0.15, -0.1) is 23.7 Å². The van der Waals surface area contributed by atoms with Crippen molar-refractivity contribution in [2.45, 2.75) is 10.3 Å². The molecule has 8 heteroatoms. The lowest BCUT2D eigenvalue weighted by atomic mass is 10.1. The molecule has 1 aromatic heterocycles. The molecule has 0 aliphatic rings. The van der Waals surface area contributed by atoms with Crippen LogP contribution in [0.25, 0.3) is 0 Å². The van der Waals surface area contributed by atoms with E-state index in [9.17, 15) is 8.42 Å². The van der Waals surface area contributed by atoms with E-state index in [1.807, 2.05) is 30.3 Å². The van der Waals surface area contributed by atoms with E-state index in [2.05, 4.69) is 4.72 Å². The van der Waals surface area contributed by atoms with Gasteiger partial charge in [-0.05, 0) is 17.7 Å². The standard InChI is InChI=1S/C12H13ClN2O2S2.ClH/c13-11-6-7-12(18-11)19(16,17)15-8-10(14)9-4-2-1-3-5-9;/h1-7,10,15H,8,14H2;1H. The average molecular weight is 353 g/mol. The number of halogens is 2. The normalized spacial score (nSPS) is 12.7. The van der Waals surface area contributed by atoms with Gasteiger partial charge in [0.15, 0.2) is 0 Å². The first-order valence-electron chi connectivity index (χ1n) is 5.54. The molecule has 0 radical (unpaired) electrons. The van der Waals surface area contributed by atoms with Gasteiger partial charge in [0, 0.05) is 12.6 Å². The van der Waals surface area contributed by atoms with E-state index in [0.717, 1.165) is 16.9 Å². The van der Waals surface area contributed by atoms with Crippen LogP contribution in [0.15, 0.2) is 46.7 Å². The third-order valence-electron chi connectivity index (χ3n) is 2.53. The summed E-state index contributed by atoms with van der Waals surface area (Å²) in [5.74, 6) is 0. The van der Waals surface area contributed by atoms with Crippen LogP contribution in [-0.2, 0) is 10.0 Å². The summed E-state index contributed by atoms with van der Waals surface area (Å²) in [6.07, 6.45) is 0. The third-order valence-corrected chi connectivity index (χ3v) is 5.68. The van der Waals surface area contributed by atoms with E-state index in [1.165, 1.54) is 6.07 Å². The van der Waals surface area contributed by atoms with E-state index in [4.69, 9.17) is 17.3 Å².